The zero-order chi connectivity index (χ0) is 14.8. The highest BCUT2D eigenvalue weighted by atomic mass is 16.6. The van der Waals surface area contributed by atoms with Crippen LogP contribution in [0.4, 0.5) is 0 Å². The minimum atomic E-state index is -0.787. The van der Waals surface area contributed by atoms with Gasteiger partial charge in [0, 0.05) is 18.3 Å². The van der Waals surface area contributed by atoms with Gasteiger partial charge in [0.1, 0.15) is 0 Å². The second-order valence-corrected chi connectivity index (χ2v) is 4.78. The molecule has 0 bridgehead atoms. The van der Waals surface area contributed by atoms with E-state index in [4.69, 9.17) is 9.47 Å². The topological polar surface area (TPSA) is 70.4 Å². The maximum absolute atomic E-state index is 12.0. The molecule has 0 N–H and O–H groups in total. The predicted molar refractivity (Wildman–Crippen MR) is 73.1 cm³/mol. The molecule has 0 spiro atoms. The number of esters is 2. The van der Waals surface area contributed by atoms with Gasteiger partial charge in [-0.15, -0.1) is 0 Å². The lowest BCUT2D eigenvalue weighted by Crippen LogP contribution is -2.22. The van der Waals surface area contributed by atoms with Crippen LogP contribution >= 0.6 is 0 Å². The molecule has 1 unspecified atom stereocenters. The van der Waals surface area contributed by atoms with Crippen molar-refractivity contribution in [3.8, 4) is 5.69 Å². The molecule has 1 saturated heterocycles. The van der Waals surface area contributed by atoms with Crippen LogP contribution in [0.2, 0.25) is 0 Å². The summed E-state index contributed by atoms with van der Waals surface area (Å²) in [6, 6.07) is 8.76. The standard InChI is InChI=1S/C15H14N2O4/c1-10-6-8-16-17(10)12-4-2-11(3-5-12)14(18)21-13-7-9-20-15(13)19/h2-6,8,13H,7,9H2,1H3. The molecule has 1 aliphatic heterocycles. The second-order valence-electron chi connectivity index (χ2n) is 4.78. The third kappa shape index (κ3) is 2.65. The molecule has 6 heteroatoms. The van der Waals surface area contributed by atoms with Gasteiger partial charge in [0.15, 0.2) is 0 Å². The Labute approximate surface area is 121 Å². The number of carbonyl (C=O) groups excluding carboxylic acids is 2. The van der Waals surface area contributed by atoms with Crippen LogP contribution in [0.1, 0.15) is 22.5 Å². The van der Waals surface area contributed by atoms with E-state index in [1.54, 1.807) is 35.1 Å². The fourth-order valence-electron chi connectivity index (χ4n) is 2.16. The van der Waals surface area contributed by atoms with E-state index in [2.05, 4.69) is 5.10 Å². The molecule has 3 rings (SSSR count). The van der Waals surface area contributed by atoms with Gasteiger partial charge in [-0.25, -0.2) is 14.3 Å². The number of ether oxygens (including phenoxy) is 2. The number of hydrogen-bond acceptors (Lipinski definition) is 5. The number of nitrogens with zero attached hydrogens (tertiary/aromatic N) is 2. The maximum Gasteiger partial charge on any atom is 0.347 e. The van der Waals surface area contributed by atoms with E-state index in [1.165, 1.54) is 0 Å². The van der Waals surface area contributed by atoms with Gasteiger partial charge in [0.25, 0.3) is 0 Å². The molecule has 2 heterocycles. The highest BCUT2D eigenvalue weighted by molar-refractivity contribution is 5.91. The molecule has 0 aliphatic carbocycles. The van der Waals surface area contributed by atoms with E-state index < -0.39 is 18.0 Å². The number of aromatic nitrogens is 2. The van der Waals surface area contributed by atoms with Crippen LogP contribution in [-0.4, -0.2) is 34.4 Å². The average molecular weight is 286 g/mol. The molecule has 0 radical (unpaired) electrons. The Bertz CT molecular complexity index is 675. The lowest BCUT2D eigenvalue weighted by molar-refractivity contribution is -0.145. The molecule has 0 amide bonds. The van der Waals surface area contributed by atoms with Crippen molar-refractivity contribution in [2.24, 2.45) is 0 Å². The van der Waals surface area contributed by atoms with Crippen molar-refractivity contribution in [1.82, 2.24) is 9.78 Å². The summed E-state index contributed by atoms with van der Waals surface area (Å²) >= 11 is 0. The summed E-state index contributed by atoms with van der Waals surface area (Å²) < 4.78 is 11.7. The van der Waals surface area contributed by atoms with Crippen molar-refractivity contribution in [3.05, 3.63) is 47.8 Å². The van der Waals surface area contributed by atoms with Crippen molar-refractivity contribution in [2.75, 3.05) is 6.61 Å². The average Bonchev–Trinajstić information content (AvgIpc) is 3.08. The van der Waals surface area contributed by atoms with Gasteiger partial charge in [0.05, 0.1) is 17.9 Å². The van der Waals surface area contributed by atoms with Crippen molar-refractivity contribution < 1.29 is 19.1 Å². The van der Waals surface area contributed by atoms with Crippen LogP contribution < -0.4 is 0 Å². The molecule has 1 aliphatic rings. The Balaban J connectivity index is 1.73. The van der Waals surface area contributed by atoms with Gasteiger partial charge in [-0.2, -0.15) is 5.10 Å². The van der Waals surface area contributed by atoms with Gasteiger partial charge >= 0.3 is 11.9 Å². The Morgan fingerprint density at radius 2 is 2.10 bits per heavy atom. The van der Waals surface area contributed by atoms with E-state index >= 15 is 0 Å². The Hall–Kier alpha value is -2.63. The first-order valence-corrected chi connectivity index (χ1v) is 6.64. The van der Waals surface area contributed by atoms with Crippen LogP contribution in [0.5, 0.6) is 0 Å². The predicted octanol–water partition coefficient (Wildman–Crippen LogP) is 1.65. The number of carbonyl (C=O) groups is 2. The van der Waals surface area contributed by atoms with Crippen molar-refractivity contribution in [1.29, 1.82) is 0 Å². The quantitative estimate of drug-likeness (QED) is 0.802. The Morgan fingerprint density at radius 1 is 1.33 bits per heavy atom. The molecule has 21 heavy (non-hydrogen) atoms. The molecule has 2 aromatic rings. The van der Waals surface area contributed by atoms with Gasteiger partial charge in [-0.1, -0.05) is 0 Å². The van der Waals surface area contributed by atoms with Crippen LogP contribution in [-0.2, 0) is 14.3 Å². The van der Waals surface area contributed by atoms with E-state index in [9.17, 15) is 9.59 Å². The van der Waals surface area contributed by atoms with Crippen LogP contribution in [0.25, 0.3) is 5.69 Å². The minimum Gasteiger partial charge on any atom is -0.463 e. The summed E-state index contributed by atoms with van der Waals surface area (Å²) in [5.41, 5.74) is 2.25. The van der Waals surface area contributed by atoms with E-state index in [1.807, 2.05) is 13.0 Å². The first-order chi connectivity index (χ1) is 10.1. The van der Waals surface area contributed by atoms with Crippen LogP contribution in [0, 0.1) is 6.92 Å². The fraction of sp³-hybridized carbons (Fsp3) is 0.267. The van der Waals surface area contributed by atoms with Crippen LogP contribution in [0.3, 0.4) is 0 Å². The lowest BCUT2D eigenvalue weighted by atomic mass is 10.2. The summed E-state index contributed by atoms with van der Waals surface area (Å²) in [4.78, 5) is 23.2. The monoisotopic (exact) mass is 286 g/mol. The molecule has 1 fully saturated rings. The second kappa shape index (κ2) is 5.40. The third-order valence-corrected chi connectivity index (χ3v) is 3.32. The van der Waals surface area contributed by atoms with Gasteiger partial charge in [-0.3, -0.25) is 0 Å². The normalized spacial score (nSPS) is 17.6. The maximum atomic E-state index is 12.0. The molecule has 108 valence electrons. The zero-order valence-electron chi connectivity index (χ0n) is 11.5. The summed E-state index contributed by atoms with van der Waals surface area (Å²) in [6.07, 6.45) is 1.34. The molecular weight excluding hydrogens is 272 g/mol. The Morgan fingerprint density at radius 3 is 2.67 bits per heavy atom. The van der Waals surface area contributed by atoms with Gasteiger partial charge in [0.2, 0.25) is 6.10 Å². The van der Waals surface area contributed by atoms with Crippen molar-refractivity contribution >= 4 is 11.9 Å². The van der Waals surface area contributed by atoms with Crippen LogP contribution in [0.15, 0.2) is 36.5 Å². The molecule has 6 nitrogen and oxygen atoms in total. The summed E-state index contributed by atoms with van der Waals surface area (Å²) in [7, 11) is 0. The Kier molecular flexibility index (Phi) is 3.43. The fourth-order valence-corrected chi connectivity index (χ4v) is 2.16. The number of benzene rings is 1. The number of hydrogen-bond donors (Lipinski definition) is 0. The molecule has 1 aromatic heterocycles. The smallest absolute Gasteiger partial charge is 0.347 e. The first kappa shape index (κ1) is 13.4. The lowest BCUT2D eigenvalue weighted by Gasteiger charge is -2.09. The number of aryl methyl sites for hydroxylation is 1. The van der Waals surface area contributed by atoms with Gasteiger partial charge in [-0.05, 0) is 37.3 Å². The number of rotatable bonds is 3. The summed E-state index contributed by atoms with van der Waals surface area (Å²) in [5.74, 6) is -1.00. The minimum absolute atomic E-state index is 0.300. The molecular formula is C15H14N2O4. The van der Waals surface area contributed by atoms with Gasteiger partial charge < -0.3 is 9.47 Å². The summed E-state index contributed by atoms with van der Waals surface area (Å²) in [6.45, 7) is 2.25. The van der Waals surface area contributed by atoms with E-state index in [0.29, 0.717) is 18.6 Å². The largest absolute Gasteiger partial charge is 0.463 e. The van der Waals surface area contributed by atoms with Crippen molar-refractivity contribution in [3.63, 3.8) is 0 Å². The third-order valence-electron chi connectivity index (χ3n) is 3.32. The summed E-state index contributed by atoms with van der Waals surface area (Å²) in [5, 5.41) is 4.19. The SMILES string of the molecule is Cc1ccnn1-c1ccc(C(=O)OC2CCOC2=O)cc1. The van der Waals surface area contributed by atoms with E-state index in [0.717, 1.165) is 11.4 Å². The highest BCUT2D eigenvalue weighted by Gasteiger charge is 2.30. The van der Waals surface area contributed by atoms with E-state index in [-0.39, 0.29) is 0 Å². The number of cyclic esters (lactones) is 1. The first-order valence-electron chi connectivity index (χ1n) is 6.64. The molecule has 0 saturated carbocycles. The zero-order valence-corrected chi connectivity index (χ0v) is 11.5. The molecule has 1 atom stereocenters. The molecule has 1 aromatic carbocycles. The van der Waals surface area contributed by atoms with Crippen molar-refractivity contribution in [2.45, 2.75) is 19.4 Å². The highest BCUT2D eigenvalue weighted by Crippen LogP contribution is 2.15.